The summed E-state index contributed by atoms with van der Waals surface area (Å²) >= 11 is 8.10. The van der Waals surface area contributed by atoms with Gasteiger partial charge in [0.1, 0.15) is 5.69 Å². The molecule has 1 saturated carbocycles. The molecule has 0 atom stereocenters. The van der Waals surface area contributed by atoms with Crippen molar-refractivity contribution in [2.24, 2.45) is 5.92 Å². The van der Waals surface area contributed by atoms with Gasteiger partial charge in [0.15, 0.2) is 0 Å². The predicted molar refractivity (Wildman–Crippen MR) is 155 cm³/mol. The Morgan fingerprint density at radius 2 is 1.97 bits per heavy atom. The topological polar surface area (TPSA) is 70.2 Å². The summed E-state index contributed by atoms with van der Waals surface area (Å²) in [5.74, 6) is 1.43. The highest BCUT2D eigenvalue weighted by molar-refractivity contribution is 7.22. The summed E-state index contributed by atoms with van der Waals surface area (Å²) in [6.07, 6.45) is 8.78. The summed E-state index contributed by atoms with van der Waals surface area (Å²) in [5, 5.41) is 7.93. The molecule has 10 heteroatoms. The lowest BCUT2D eigenvalue weighted by atomic mass is 9.92. The second-order valence-corrected chi connectivity index (χ2v) is 10.9. The Kier molecular flexibility index (Phi) is 10.6. The maximum Gasteiger partial charge on any atom is 0.252 e. The molecular formula is C26H34Cl3N5OS. The SMILES string of the molecule is CCN1CCC(CCCNc2ncc(Cl)c(-c3cc4c(C(=O)NC5CC5)cccc4s3)n2)CC1.Cl.Cl. The molecule has 6 nitrogen and oxygen atoms in total. The molecule has 1 saturated heterocycles. The molecule has 3 heterocycles. The van der Waals surface area contributed by atoms with E-state index in [2.05, 4.69) is 27.4 Å². The molecule has 5 rings (SSSR count). The molecule has 196 valence electrons. The van der Waals surface area contributed by atoms with Crippen molar-refractivity contribution in [1.82, 2.24) is 20.2 Å². The van der Waals surface area contributed by atoms with Crippen LogP contribution in [0.1, 0.15) is 55.8 Å². The maximum atomic E-state index is 12.7. The number of piperidine rings is 1. The smallest absolute Gasteiger partial charge is 0.252 e. The molecule has 0 bridgehead atoms. The zero-order valence-corrected chi connectivity index (χ0v) is 23.7. The minimum atomic E-state index is -0.00559. The van der Waals surface area contributed by atoms with E-state index in [0.29, 0.717) is 28.3 Å². The van der Waals surface area contributed by atoms with Gasteiger partial charge in [-0.2, -0.15) is 0 Å². The van der Waals surface area contributed by atoms with Gasteiger partial charge < -0.3 is 15.5 Å². The molecular weight excluding hydrogens is 537 g/mol. The normalized spacial score (nSPS) is 16.3. The van der Waals surface area contributed by atoms with Crippen molar-refractivity contribution in [3.63, 3.8) is 0 Å². The van der Waals surface area contributed by atoms with Crippen LogP contribution in [0.2, 0.25) is 5.02 Å². The van der Waals surface area contributed by atoms with Gasteiger partial charge >= 0.3 is 0 Å². The first kappa shape index (κ1) is 28.9. The summed E-state index contributed by atoms with van der Waals surface area (Å²) in [7, 11) is 0. The lowest BCUT2D eigenvalue weighted by Gasteiger charge is -2.31. The fourth-order valence-electron chi connectivity index (χ4n) is 4.67. The lowest BCUT2D eigenvalue weighted by Crippen LogP contribution is -2.33. The van der Waals surface area contributed by atoms with Gasteiger partial charge in [0, 0.05) is 28.2 Å². The molecule has 2 aliphatic rings. The number of amides is 1. The van der Waals surface area contributed by atoms with E-state index in [0.717, 1.165) is 46.7 Å². The van der Waals surface area contributed by atoms with Gasteiger partial charge in [0.05, 0.1) is 16.1 Å². The minimum Gasteiger partial charge on any atom is -0.354 e. The minimum absolute atomic E-state index is 0. The number of carbonyl (C=O) groups is 1. The number of fused-ring (bicyclic) bond motifs is 1. The number of thiophene rings is 1. The van der Waals surface area contributed by atoms with E-state index >= 15 is 0 Å². The van der Waals surface area contributed by atoms with Crippen molar-refractivity contribution in [2.45, 2.75) is 51.5 Å². The molecule has 3 aromatic rings. The molecule has 0 unspecified atom stereocenters. The number of benzene rings is 1. The van der Waals surface area contributed by atoms with Crippen molar-refractivity contribution >= 4 is 69.7 Å². The molecule has 0 spiro atoms. The largest absolute Gasteiger partial charge is 0.354 e. The van der Waals surface area contributed by atoms with Gasteiger partial charge in [-0.1, -0.05) is 24.6 Å². The molecule has 36 heavy (non-hydrogen) atoms. The van der Waals surface area contributed by atoms with Crippen LogP contribution in [-0.2, 0) is 0 Å². The number of rotatable bonds is 9. The van der Waals surface area contributed by atoms with E-state index in [-0.39, 0.29) is 30.7 Å². The fraction of sp³-hybridized carbons (Fsp3) is 0.500. The van der Waals surface area contributed by atoms with Crippen LogP contribution >= 0.6 is 47.8 Å². The third-order valence-electron chi connectivity index (χ3n) is 6.92. The average Bonchev–Trinajstić information content (AvgIpc) is 3.56. The third-order valence-corrected chi connectivity index (χ3v) is 8.31. The number of hydrogen-bond donors (Lipinski definition) is 2. The Labute approximate surface area is 234 Å². The highest BCUT2D eigenvalue weighted by atomic mass is 35.5. The number of nitrogens with zero attached hydrogens (tertiary/aromatic N) is 3. The van der Waals surface area contributed by atoms with Gasteiger partial charge in [-0.25, -0.2) is 9.97 Å². The standard InChI is InChI=1S/C26H32ClN5OS.2ClH/c1-2-32-13-10-17(11-14-32)5-4-12-28-26-29-16-21(27)24(31-26)23-15-20-19(6-3-7-22(20)34-23)25(33)30-18-8-9-18;;/h3,6-7,15-18H,2,4-5,8-14H2,1H3,(H,30,33)(H,28,29,31);2*1H. The summed E-state index contributed by atoms with van der Waals surface area (Å²) < 4.78 is 1.05. The summed E-state index contributed by atoms with van der Waals surface area (Å²) in [4.78, 5) is 25.3. The molecule has 2 N–H and O–H groups in total. The van der Waals surface area contributed by atoms with Crippen molar-refractivity contribution in [3.05, 3.63) is 41.0 Å². The van der Waals surface area contributed by atoms with E-state index in [1.165, 1.54) is 38.9 Å². The highest BCUT2D eigenvalue weighted by Crippen LogP contribution is 2.37. The second kappa shape index (κ2) is 13.2. The number of anilines is 1. The Balaban J connectivity index is 0.00000180. The van der Waals surface area contributed by atoms with Crippen LogP contribution in [0.5, 0.6) is 0 Å². The molecule has 1 aliphatic heterocycles. The Hall–Kier alpha value is -1.64. The van der Waals surface area contributed by atoms with Crippen LogP contribution in [0.25, 0.3) is 20.7 Å². The van der Waals surface area contributed by atoms with Crippen LogP contribution < -0.4 is 10.6 Å². The lowest BCUT2D eigenvalue weighted by molar-refractivity contribution is 0.0953. The predicted octanol–water partition coefficient (Wildman–Crippen LogP) is 6.67. The van der Waals surface area contributed by atoms with Crippen molar-refractivity contribution in [1.29, 1.82) is 0 Å². The zero-order valence-electron chi connectivity index (χ0n) is 20.5. The van der Waals surface area contributed by atoms with E-state index in [1.54, 1.807) is 17.5 Å². The maximum absolute atomic E-state index is 12.7. The molecule has 1 aliphatic carbocycles. The Morgan fingerprint density at radius 1 is 1.19 bits per heavy atom. The zero-order chi connectivity index (χ0) is 23.5. The molecule has 1 aromatic carbocycles. The number of carbonyl (C=O) groups excluding carboxylic acids is 1. The van der Waals surface area contributed by atoms with Gasteiger partial charge in [-0.15, -0.1) is 36.2 Å². The van der Waals surface area contributed by atoms with Gasteiger partial charge in [-0.3, -0.25) is 4.79 Å². The summed E-state index contributed by atoms with van der Waals surface area (Å²) in [5.41, 5.74) is 1.42. The van der Waals surface area contributed by atoms with Crippen LogP contribution in [-0.4, -0.2) is 53.0 Å². The Morgan fingerprint density at radius 3 is 2.69 bits per heavy atom. The van der Waals surface area contributed by atoms with Crippen LogP contribution in [0.15, 0.2) is 30.5 Å². The Bertz CT molecular complexity index is 1160. The fourth-order valence-corrected chi connectivity index (χ4v) is 6.01. The van der Waals surface area contributed by atoms with Crippen LogP contribution in [0, 0.1) is 5.92 Å². The molecule has 1 amide bonds. The van der Waals surface area contributed by atoms with Crippen molar-refractivity contribution in [2.75, 3.05) is 31.5 Å². The van der Waals surface area contributed by atoms with Crippen LogP contribution in [0.4, 0.5) is 5.95 Å². The second-order valence-electron chi connectivity index (χ2n) is 9.41. The average molecular weight is 571 g/mol. The number of likely N-dealkylation sites (tertiary alicyclic amines) is 1. The van der Waals surface area contributed by atoms with Crippen molar-refractivity contribution in [3.8, 4) is 10.6 Å². The first-order valence-corrected chi connectivity index (χ1v) is 13.6. The van der Waals surface area contributed by atoms with E-state index in [1.807, 2.05) is 24.3 Å². The quantitative estimate of drug-likeness (QED) is 0.281. The third kappa shape index (κ3) is 7.01. The van der Waals surface area contributed by atoms with E-state index in [9.17, 15) is 4.79 Å². The number of halogens is 3. The molecule has 2 fully saturated rings. The molecule has 2 aromatic heterocycles. The van der Waals surface area contributed by atoms with Crippen molar-refractivity contribution < 1.29 is 4.79 Å². The monoisotopic (exact) mass is 569 g/mol. The summed E-state index contributed by atoms with van der Waals surface area (Å²) in [6.45, 7) is 6.73. The first-order chi connectivity index (χ1) is 16.6. The first-order valence-electron chi connectivity index (χ1n) is 12.4. The van der Waals surface area contributed by atoms with Gasteiger partial charge in [0.25, 0.3) is 5.91 Å². The number of aromatic nitrogens is 2. The number of hydrogen-bond acceptors (Lipinski definition) is 6. The van der Waals surface area contributed by atoms with Gasteiger partial charge in [0.2, 0.25) is 5.95 Å². The van der Waals surface area contributed by atoms with Crippen LogP contribution in [0.3, 0.4) is 0 Å². The highest BCUT2D eigenvalue weighted by Gasteiger charge is 2.25. The molecule has 0 radical (unpaired) electrons. The van der Waals surface area contributed by atoms with Gasteiger partial charge in [-0.05, 0) is 82.3 Å². The van der Waals surface area contributed by atoms with E-state index < -0.39 is 0 Å². The van der Waals surface area contributed by atoms with E-state index in [4.69, 9.17) is 16.6 Å². The number of nitrogens with one attached hydrogen (secondary N) is 2. The summed E-state index contributed by atoms with van der Waals surface area (Å²) in [6, 6.07) is 8.22.